The highest BCUT2D eigenvalue weighted by Crippen LogP contribution is 2.35. The minimum Gasteiger partial charge on any atom is -0.508 e. The molecule has 1 aromatic carbocycles. The highest BCUT2D eigenvalue weighted by atomic mass is 32.2. The Hall–Kier alpha value is -1.37. The minimum absolute atomic E-state index is 0.0110. The van der Waals surface area contributed by atoms with Gasteiger partial charge in [-0.25, -0.2) is 0 Å². The third-order valence-corrected chi connectivity index (χ3v) is 3.01. The van der Waals surface area contributed by atoms with Crippen LogP contribution >= 0.6 is 11.8 Å². The molecule has 0 aromatic heterocycles. The van der Waals surface area contributed by atoms with Gasteiger partial charge >= 0.3 is 11.5 Å². The lowest BCUT2D eigenvalue weighted by Crippen LogP contribution is -2.25. The Labute approximate surface area is 106 Å². The van der Waals surface area contributed by atoms with E-state index in [1.165, 1.54) is 24.3 Å². The molecule has 100 valence electrons. The zero-order valence-electron chi connectivity index (χ0n) is 9.40. The number of methoxy groups -OCH3 is 1. The highest BCUT2D eigenvalue weighted by Gasteiger charge is 2.37. The lowest BCUT2D eigenvalue weighted by atomic mass is 10.1. The normalized spacial score (nSPS) is 13.1. The molecule has 0 aliphatic heterocycles. The smallest absolute Gasteiger partial charge is 0.442 e. The third-order valence-electron chi connectivity index (χ3n) is 2.10. The first-order valence-corrected chi connectivity index (χ1v) is 5.80. The lowest BCUT2D eigenvalue weighted by molar-refractivity contribution is -0.140. The minimum atomic E-state index is -4.50. The largest absolute Gasteiger partial charge is 0.508 e. The van der Waals surface area contributed by atoms with Crippen LogP contribution in [0.5, 0.6) is 5.75 Å². The molecule has 0 saturated carbocycles. The number of aromatic hydroxyl groups is 1. The summed E-state index contributed by atoms with van der Waals surface area (Å²) < 4.78 is 41.2. The summed E-state index contributed by atoms with van der Waals surface area (Å²) in [4.78, 5) is 11.3. The fraction of sp³-hybridized carbons (Fsp3) is 0.364. The Bertz CT molecular complexity index is 403. The molecule has 0 aliphatic rings. The van der Waals surface area contributed by atoms with E-state index in [0.29, 0.717) is 5.56 Å². The van der Waals surface area contributed by atoms with Crippen LogP contribution in [0, 0.1) is 0 Å². The average Bonchev–Trinajstić information content (AvgIpc) is 2.28. The predicted octanol–water partition coefficient (Wildman–Crippen LogP) is 2.73. The summed E-state index contributed by atoms with van der Waals surface area (Å²) in [5.74, 6) is -0.915. The fourth-order valence-electron chi connectivity index (χ4n) is 1.31. The Morgan fingerprint density at radius 2 is 1.94 bits per heavy atom. The maximum atomic E-state index is 12.3. The molecule has 0 saturated heterocycles. The van der Waals surface area contributed by atoms with E-state index in [0.717, 1.165) is 7.11 Å². The Morgan fingerprint density at radius 1 is 1.39 bits per heavy atom. The summed E-state index contributed by atoms with van der Waals surface area (Å²) in [6.07, 6.45) is -0.114. The van der Waals surface area contributed by atoms with Crippen molar-refractivity contribution in [1.82, 2.24) is 0 Å². The Morgan fingerprint density at radius 3 is 2.39 bits per heavy atom. The first kappa shape index (κ1) is 14.7. The number of phenolic OH excluding ortho intramolecular Hbond substituents is 1. The Balaban J connectivity index is 2.78. The summed E-state index contributed by atoms with van der Waals surface area (Å²) in [5.41, 5.74) is -3.99. The van der Waals surface area contributed by atoms with Crippen LogP contribution in [0.1, 0.15) is 5.56 Å². The van der Waals surface area contributed by atoms with Gasteiger partial charge in [-0.3, -0.25) is 4.79 Å². The van der Waals surface area contributed by atoms with Gasteiger partial charge < -0.3 is 9.84 Å². The SMILES string of the molecule is COC(=O)C(Cc1ccc(O)cc1)SC(F)(F)F. The molecule has 1 rings (SSSR count). The number of esters is 1. The number of benzene rings is 1. The molecular weight excluding hydrogens is 269 g/mol. The highest BCUT2D eigenvalue weighted by molar-refractivity contribution is 8.01. The second-order valence-electron chi connectivity index (χ2n) is 3.45. The van der Waals surface area contributed by atoms with Crippen molar-refractivity contribution >= 4 is 17.7 Å². The molecule has 1 atom stereocenters. The van der Waals surface area contributed by atoms with Crippen molar-refractivity contribution in [1.29, 1.82) is 0 Å². The monoisotopic (exact) mass is 280 g/mol. The second kappa shape index (κ2) is 5.99. The molecule has 0 amide bonds. The molecule has 0 spiro atoms. The Kier molecular flexibility index (Phi) is 4.89. The van der Waals surface area contributed by atoms with Crippen molar-refractivity contribution in [2.75, 3.05) is 7.11 Å². The number of alkyl halides is 3. The maximum Gasteiger partial charge on any atom is 0.442 e. The van der Waals surface area contributed by atoms with Crippen LogP contribution in [-0.4, -0.2) is 28.9 Å². The zero-order valence-corrected chi connectivity index (χ0v) is 10.2. The molecule has 3 nitrogen and oxygen atoms in total. The van der Waals surface area contributed by atoms with Gasteiger partial charge in [-0.05, 0) is 35.9 Å². The van der Waals surface area contributed by atoms with E-state index >= 15 is 0 Å². The van der Waals surface area contributed by atoms with Crippen molar-refractivity contribution < 1.29 is 27.8 Å². The number of ether oxygens (including phenoxy) is 1. The van der Waals surface area contributed by atoms with Gasteiger partial charge in [0.2, 0.25) is 0 Å². The standard InChI is InChI=1S/C11H11F3O3S/c1-17-10(16)9(18-11(12,13)14)6-7-2-4-8(15)5-3-7/h2-5,9,15H,6H2,1H3. The average molecular weight is 280 g/mol. The van der Waals surface area contributed by atoms with Crippen molar-refractivity contribution in [2.24, 2.45) is 0 Å². The second-order valence-corrected chi connectivity index (χ2v) is 4.71. The van der Waals surface area contributed by atoms with Gasteiger partial charge in [0.1, 0.15) is 11.0 Å². The van der Waals surface area contributed by atoms with E-state index in [2.05, 4.69) is 4.74 Å². The molecule has 1 N–H and O–H groups in total. The van der Waals surface area contributed by atoms with E-state index in [-0.39, 0.29) is 12.2 Å². The van der Waals surface area contributed by atoms with Gasteiger partial charge in [-0.2, -0.15) is 13.2 Å². The molecule has 0 bridgehead atoms. The molecule has 0 aliphatic carbocycles. The summed E-state index contributed by atoms with van der Waals surface area (Å²) in [5, 5.41) is 7.71. The molecule has 0 fully saturated rings. The van der Waals surface area contributed by atoms with Crippen LogP contribution in [0.3, 0.4) is 0 Å². The van der Waals surface area contributed by atoms with Gasteiger partial charge in [0.05, 0.1) is 7.11 Å². The van der Waals surface area contributed by atoms with E-state index < -0.39 is 28.5 Å². The predicted molar refractivity (Wildman–Crippen MR) is 61.3 cm³/mol. The summed E-state index contributed by atoms with van der Waals surface area (Å²) in [6, 6.07) is 5.62. The van der Waals surface area contributed by atoms with E-state index in [4.69, 9.17) is 5.11 Å². The summed E-state index contributed by atoms with van der Waals surface area (Å²) >= 11 is -0.403. The molecule has 1 unspecified atom stereocenters. The van der Waals surface area contributed by atoms with Gasteiger partial charge in [0.15, 0.2) is 0 Å². The molecular formula is C11H11F3O3S. The van der Waals surface area contributed by atoms with Gasteiger partial charge in [0.25, 0.3) is 0 Å². The first-order valence-electron chi connectivity index (χ1n) is 4.92. The number of hydrogen-bond acceptors (Lipinski definition) is 4. The fourth-order valence-corrected chi connectivity index (χ4v) is 2.10. The number of halogens is 3. The topological polar surface area (TPSA) is 46.5 Å². The number of carbonyl (C=O) groups is 1. The van der Waals surface area contributed by atoms with Crippen LogP contribution in [0.4, 0.5) is 13.2 Å². The molecule has 7 heteroatoms. The van der Waals surface area contributed by atoms with Crippen LogP contribution in [-0.2, 0) is 16.0 Å². The van der Waals surface area contributed by atoms with Crippen molar-refractivity contribution in [2.45, 2.75) is 17.2 Å². The molecule has 1 aromatic rings. The van der Waals surface area contributed by atoms with Crippen molar-refractivity contribution in [3.05, 3.63) is 29.8 Å². The van der Waals surface area contributed by atoms with Crippen LogP contribution < -0.4 is 0 Å². The van der Waals surface area contributed by atoms with E-state index in [1.54, 1.807) is 0 Å². The van der Waals surface area contributed by atoms with Crippen LogP contribution in [0.25, 0.3) is 0 Å². The summed E-state index contributed by atoms with van der Waals surface area (Å²) in [7, 11) is 1.04. The number of phenols is 1. The molecule has 0 heterocycles. The van der Waals surface area contributed by atoms with E-state index in [1.807, 2.05) is 0 Å². The lowest BCUT2D eigenvalue weighted by Gasteiger charge is -2.15. The number of rotatable bonds is 4. The number of hydrogen-bond donors (Lipinski definition) is 1. The van der Waals surface area contributed by atoms with Crippen LogP contribution in [0.15, 0.2) is 24.3 Å². The number of carbonyl (C=O) groups excluding carboxylic acids is 1. The van der Waals surface area contributed by atoms with Crippen molar-refractivity contribution in [3.8, 4) is 5.75 Å². The maximum absolute atomic E-state index is 12.3. The third kappa shape index (κ3) is 4.87. The first-order chi connectivity index (χ1) is 8.31. The quantitative estimate of drug-likeness (QED) is 0.861. The van der Waals surface area contributed by atoms with Gasteiger partial charge in [-0.15, -0.1) is 0 Å². The summed E-state index contributed by atoms with van der Waals surface area (Å²) in [6.45, 7) is 0. The van der Waals surface area contributed by atoms with Crippen LogP contribution in [0.2, 0.25) is 0 Å². The van der Waals surface area contributed by atoms with Gasteiger partial charge in [-0.1, -0.05) is 12.1 Å². The van der Waals surface area contributed by atoms with Gasteiger partial charge in [0, 0.05) is 0 Å². The zero-order chi connectivity index (χ0) is 13.8. The van der Waals surface area contributed by atoms with E-state index in [9.17, 15) is 18.0 Å². The molecule has 0 radical (unpaired) electrons. The number of thioether (sulfide) groups is 1. The van der Waals surface area contributed by atoms with Crippen molar-refractivity contribution in [3.63, 3.8) is 0 Å². The molecule has 18 heavy (non-hydrogen) atoms.